The van der Waals surface area contributed by atoms with Gasteiger partial charge in [0.05, 0.1) is 43.4 Å². The largest absolute Gasteiger partial charge is 0.466 e. The van der Waals surface area contributed by atoms with Crippen molar-refractivity contribution in [1.82, 2.24) is 9.80 Å². The predicted octanol–water partition coefficient (Wildman–Crippen LogP) is 4.24. The normalized spacial score (nSPS) is 21.6. The van der Waals surface area contributed by atoms with Gasteiger partial charge >= 0.3 is 11.9 Å². The van der Waals surface area contributed by atoms with E-state index in [2.05, 4.69) is 11.1 Å². The number of allylic oxidation sites excluding steroid dienone is 1. The molecule has 0 saturated carbocycles. The van der Waals surface area contributed by atoms with E-state index in [1.54, 1.807) is 11.8 Å². The molecule has 192 valence electrons. The molecule has 9 heteroatoms. The Morgan fingerprint density at radius 2 is 1.97 bits per heavy atom. The van der Waals surface area contributed by atoms with E-state index in [-0.39, 0.29) is 24.2 Å². The van der Waals surface area contributed by atoms with Gasteiger partial charge in [0.1, 0.15) is 0 Å². The number of aliphatic imine (C=N–C) groups is 1. The highest BCUT2D eigenvalue weighted by Gasteiger charge is 2.42. The van der Waals surface area contributed by atoms with Crippen LogP contribution in [0.2, 0.25) is 0 Å². The first-order chi connectivity index (χ1) is 17.2. The van der Waals surface area contributed by atoms with E-state index >= 15 is 0 Å². The van der Waals surface area contributed by atoms with E-state index in [1.807, 2.05) is 43.2 Å². The van der Waals surface area contributed by atoms with Crippen molar-refractivity contribution >= 4 is 34.8 Å². The number of carbonyl (C=O) groups excluding carboxylic acids is 3. The fraction of sp³-hybridized carbons (Fsp3) is 0.481. The van der Waals surface area contributed by atoms with E-state index in [0.29, 0.717) is 31.0 Å². The van der Waals surface area contributed by atoms with Crippen molar-refractivity contribution in [3.05, 3.63) is 57.3 Å². The molecule has 0 bridgehead atoms. The van der Waals surface area contributed by atoms with Crippen LogP contribution in [0.25, 0.3) is 0 Å². The smallest absolute Gasteiger partial charge is 0.338 e. The number of amidine groups is 1. The Labute approximate surface area is 216 Å². The van der Waals surface area contributed by atoms with Gasteiger partial charge in [0.2, 0.25) is 5.91 Å². The first kappa shape index (κ1) is 26.0. The molecule has 0 radical (unpaired) electrons. The first-order valence-electron chi connectivity index (χ1n) is 12.3. The lowest BCUT2D eigenvalue weighted by Gasteiger charge is -2.38. The van der Waals surface area contributed by atoms with Crippen LogP contribution in [0.3, 0.4) is 0 Å². The summed E-state index contributed by atoms with van der Waals surface area (Å²) in [5.41, 5.74) is 5.00. The van der Waals surface area contributed by atoms with E-state index in [1.165, 1.54) is 18.9 Å². The minimum Gasteiger partial charge on any atom is -0.466 e. The molecule has 3 heterocycles. The van der Waals surface area contributed by atoms with Crippen molar-refractivity contribution in [2.24, 2.45) is 10.9 Å². The van der Waals surface area contributed by atoms with Crippen molar-refractivity contribution in [2.45, 2.75) is 53.0 Å². The molecule has 3 aliphatic rings. The highest BCUT2D eigenvalue weighted by molar-refractivity contribution is 8.16. The minimum absolute atomic E-state index is 0.0534. The summed E-state index contributed by atoms with van der Waals surface area (Å²) in [5.74, 6) is -1.02. The van der Waals surface area contributed by atoms with Gasteiger partial charge in [-0.25, -0.2) is 9.79 Å². The fourth-order valence-corrected chi connectivity index (χ4v) is 6.05. The van der Waals surface area contributed by atoms with Crippen LogP contribution in [-0.4, -0.2) is 59.6 Å². The van der Waals surface area contributed by atoms with E-state index in [9.17, 15) is 14.4 Å². The summed E-state index contributed by atoms with van der Waals surface area (Å²) in [6, 6.07) is 5.70. The molecule has 2 atom stereocenters. The van der Waals surface area contributed by atoms with Crippen LogP contribution in [0.1, 0.15) is 55.8 Å². The molecule has 0 unspecified atom stereocenters. The molecular formula is C27H33N3O5S. The molecule has 0 aliphatic carbocycles. The third-order valence-corrected chi connectivity index (χ3v) is 7.74. The van der Waals surface area contributed by atoms with Crippen LogP contribution in [0.5, 0.6) is 0 Å². The van der Waals surface area contributed by atoms with Gasteiger partial charge in [-0.1, -0.05) is 35.5 Å². The molecule has 0 N–H and O–H groups in total. The van der Waals surface area contributed by atoms with Crippen LogP contribution in [0, 0.1) is 19.8 Å². The predicted molar refractivity (Wildman–Crippen MR) is 139 cm³/mol. The Balaban J connectivity index is 1.62. The van der Waals surface area contributed by atoms with E-state index in [0.717, 1.165) is 40.4 Å². The number of nitrogens with zero attached hydrogens (tertiary/aromatic N) is 3. The number of fused-ring (bicyclic) bond motifs is 1. The lowest BCUT2D eigenvalue weighted by Crippen LogP contribution is -2.44. The fourth-order valence-electron chi connectivity index (χ4n) is 5.09. The lowest BCUT2D eigenvalue weighted by atomic mass is 9.90. The number of piperidine rings is 1. The van der Waals surface area contributed by atoms with Crippen molar-refractivity contribution in [3.63, 3.8) is 0 Å². The number of esters is 2. The standard InChI is InChI=1S/C27H33N3O5S/c1-6-35-25(32)19-8-7-11-29(14-19)22(31)13-20-15-36-27-28-18(4)23(26(33)34-5)24(30(20)27)21-10-9-16(2)12-17(21)3/h9-10,12,15,19,24H,6-8,11,13-14H2,1-5H3/t19-,24+/m1/s1. The lowest BCUT2D eigenvalue weighted by molar-refractivity contribution is -0.151. The summed E-state index contributed by atoms with van der Waals surface area (Å²) in [6.45, 7) is 8.98. The van der Waals surface area contributed by atoms with Gasteiger partial charge in [-0.05, 0) is 57.1 Å². The third kappa shape index (κ3) is 5.07. The minimum atomic E-state index is -0.451. The molecule has 1 aromatic rings. The number of benzene rings is 1. The van der Waals surface area contributed by atoms with Gasteiger partial charge in [-0.3, -0.25) is 9.59 Å². The number of thioether (sulfide) groups is 1. The highest BCUT2D eigenvalue weighted by Crippen LogP contribution is 2.45. The second-order valence-electron chi connectivity index (χ2n) is 9.35. The van der Waals surface area contributed by atoms with Gasteiger partial charge in [0.25, 0.3) is 0 Å². The molecule has 4 rings (SSSR count). The zero-order valence-electron chi connectivity index (χ0n) is 21.5. The number of likely N-dealkylation sites (tertiary alicyclic amines) is 1. The van der Waals surface area contributed by atoms with Crippen molar-refractivity contribution in [2.75, 3.05) is 26.8 Å². The highest BCUT2D eigenvalue weighted by atomic mass is 32.2. The summed E-state index contributed by atoms with van der Waals surface area (Å²) in [7, 11) is 1.37. The van der Waals surface area contributed by atoms with Crippen LogP contribution < -0.4 is 0 Å². The Morgan fingerprint density at radius 3 is 2.67 bits per heavy atom. The Morgan fingerprint density at radius 1 is 1.19 bits per heavy atom. The second-order valence-corrected chi connectivity index (χ2v) is 10.2. The Kier molecular flexibility index (Phi) is 7.88. The number of amides is 1. The van der Waals surface area contributed by atoms with Crippen LogP contribution in [-0.2, 0) is 23.9 Å². The topological polar surface area (TPSA) is 88.5 Å². The number of carbonyl (C=O) groups is 3. The molecule has 3 aliphatic heterocycles. The average Bonchev–Trinajstić information content (AvgIpc) is 3.25. The quantitative estimate of drug-likeness (QED) is 0.528. The van der Waals surface area contributed by atoms with Gasteiger partial charge < -0.3 is 19.3 Å². The van der Waals surface area contributed by atoms with Gasteiger partial charge in [-0.15, -0.1) is 0 Å². The molecule has 0 spiro atoms. The van der Waals surface area contributed by atoms with E-state index in [4.69, 9.17) is 9.47 Å². The second kappa shape index (κ2) is 10.9. The molecule has 1 aromatic carbocycles. The number of hydrogen-bond acceptors (Lipinski definition) is 8. The Bertz CT molecular complexity index is 1170. The number of rotatable bonds is 6. The molecule has 8 nitrogen and oxygen atoms in total. The maximum absolute atomic E-state index is 13.4. The maximum atomic E-state index is 13.4. The summed E-state index contributed by atoms with van der Waals surface area (Å²) in [5, 5.41) is 2.67. The number of aryl methyl sites for hydroxylation is 2. The number of hydrogen-bond donors (Lipinski definition) is 0. The number of ether oxygens (including phenoxy) is 2. The average molecular weight is 512 g/mol. The molecule has 1 fully saturated rings. The Hall–Kier alpha value is -3.07. The summed E-state index contributed by atoms with van der Waals surface area (Å²) in [4.78, 5) is 47.0. The van der Waals surface area contributed by atoms with Crippen LogP contribution in [0.15, 0.2) is 45.6 Å². The maximum Gasteiger partial charge on any atom is 0.338 e. The molecule has 1 amide bonds. The number of methoxy groups -OCH3 is 1. The molecule has 0 aromatic heterocycles. The van der Waals surface area contributed by atoms with Crippen molar-refractivity contribution < 1.29 is 23.9 Å². The van der Waals surface area contributed by atoms with Gasteiger partial charge in [0, 0.05) is 18.8 Å². The van der Waals surface area contributed by atoms with E-state index < -0.39 is 12.0 Å². The first-order valence-corrected chi connectivity index (χ1v) is 13.2. The third-order valence-electron chi connectivity index (χ3n) is 6.85. The van der Waals surface area contributed by atoms with Crippen molar-refractivity contribution in [3.8, 4) is 0 Å². The zero-order chi connectivity index (χ0) is 26.0. The zero-order valence-corrected chi connectivity index (χ0v) is 22.3. The summed E-state index contributed by atoms with van der Waals surface area (Å²) in [6.07, 6.45) is 1.64. The van der Waals surface area contributed by atoms with Crippen LogP contribution in [0.4, 0.5) is 0 Å². The summed E-state index contributed by atoms with van der Waals surface area (Å²) < 4.78 is 10.3. The van der Waals surface area contributed by atoms with Gasteiger partial charge in [-0.2, -0.15) is 0 Å². The molecule has 1 saturated heterocycles. The van der Waals surface area contributed by atoms with Gasteiger partial charge in [0.15, 0.2) is 5.17 Å². The summed E-state index contributed by atoms with van der Waals surface area (Å²) >= 11 is 1.45. The monoisotopic (exact) mass is 511 g/mol. The van der Waals surface area contributed by atoms with Crippen LogP contribution >= 0.6 is 11.8 Å². The molecular weight excluding hydrogens is 478 g/mol. The molecule has 36 heavy (non-hydrogen) atoms. The SMILES string of the molecule is CCOC(=O)[C@@H]1CCCN(C(=O)CC2=CSC3=NC(C)=C(C(=O)OC)[C@H](c4ccc(C)cc4C)N23)C1. The van der Waals surface area contributed by atoms with Crippen molar-refractivity contribution in [1.29, 1.82) is 0 Å².